The van der Waals surface area contributed by atoms with Crippen molar-refractivity contribution >= 4 is 0 Å². The predicted molar refractivity (Wildman–Crippen MR) is 182 cm³/mol. The third-order valence-electron chi connectivity index (χ3n) is 16.1. The van der Waals surface area contributed by atoms with Crippen LogP contribution in [0.15, 0.2) is 0 Å². The van der Waals surface area contributed by atoms with E-state index in [1.54, 1.807) is 6.92 Å². The first-order valence-corrected chi connectivity index (χ1v) is 20.2. The molecule has 0 aromatic carbocycles. The number of fused-ring (bicyclic) bond motifs is 7. The molecule has 0 aromatic rings. The van der Waals surface area contributed by atoms with Gasteiger partial charge in [0.2, 0.25) is 0 Å². The lowest BCUT2D eigenvalue weighted by Gasteiger charge is -2.61. The summed E-state index contributed by atoms with van der Waals surface area (Å²) in [7, 11) is 0. The molecule has 4 heterocycles. The minimum Gasteiger partial charge on any atom is -0.394 e. The molecule has 6 N–H and O–H groups in total. The van der Waals surface area contributed by atoms with E-state index in [2.05, 4.69) is 27.7 Å². The fraction of sp³-hybridized carbons (Fsp3) is 1.00. The van der Waals surface area contributed by atoms with Crippen molar-refractivity contribution in [2.45, 2.75) is 178 Å². The van der Waals surface area contributed by atoms with Crippen molar-refractivity contribution in [1.82, 2.24) is 0 Å². The predicted octanol–water partition coefficient (Wildman–Crippen LogP) is 2.47. The lowest BCUT2D eigenvalue weighted by atomic mass is 9.44. The van der Waals surface area contributed by atoms with Crippen molar-refractivity contribution in [1.29, 1.82) is 0 Å². The van der Waals surface area contributed by atoms with Crippen LogP contribution in [0.4, 0.5) is 0 Å². The van der Waals surface area contributed by atoms with Gasteiger partial charge in [0, 0.05) is 12.3 Å². The van der Waals surface area contributed by atoms with E-state index in [1.807, 2.05) is 0 Å². The normalized spacial score (nSPS) is 59.9. The van der Waals surface area contributed by atoms with Gasteiger partial charge in [0.25, 0.3) is 0 Å². The monoisotopic (exact) mass is 724 g/mol. The number of aliphatic hydroxyl groups excluding tert-OH is 6. The number of hydrogen-bond acceptors (Lipinski definition) is 12. The summed E-state index contributed by atoms with van der Waals surface area (Å²) in [6, 6.07) is 0. The summed E-state index contributed by atoms with van der Waals surface area (Å²) in [5, 5.41) is 62.9. The van der Waals surface area contributed by atoms with Crippen molar-refractivity contribution in [3.63, 3.8) is 0 Å². The molecule has 8 aliphatic rings. The number of aliphatic hydroxyl groups is 6. The van der Waals surface area contributed by atoms with E-state index in [1.165, 1.54) is 25.7 Å². The molecule has 4 aliphatic heterocycles. The first kappa shape index (κ1) is 37.4. The third-order valence-corrected chi connectivity index (χ3v) is 16.1. The molecule has 12 heteroatoms. The Morgan fingerprint density at radius 3 is 2.20 bits per heavy atom. The zero-order chi connectivity index (χ0) is 36.2. The second kappa shape index (κ2) is 13.6. The number of hydrogen-bond donors (Lipinski definition) is 6. The van der Waals surface area contributed by atoms with E-state index in [9.17, 15) is 30.6 Å². The van der Waals surface area contributed by atoms with E-state index in [0.29, 0.717) is 41.4 Å². The minimum absolute atomic E-state index is 0.190. The van der Waals surface area contributed by atoms with Gasteiger partial charge in [0.05, 0.1) is 31.5 Å². The summed E-state index contributed by atoms with van der Waals surface area (Å²) in [6.07, 6.45) is -2.28. The molecular formula is C39H64O12. The molecule has 0 aromatic heterocycles. The van der Waals surface area contributed by atoms with Crippen LogP contribution >= 0.6 is 0 Å². The molecule has 22 atom stereocenters. The molecule has 51 heavy (non-hydrogen) atoms. The van der Waals surface area contributed by atoms with Crippen LogP contribution < -0.4 is 0 Å². The molecule has 8 fully saturated rings. The van der Waals surface area contributed by atoms with Gasteiger partial charge in [-0.2, -0.15) is 0 Å². The maximum Gasteiger partial charge on any atom is 0.187 e. The Morgan fingerprint density at radius 2 is 1.47 bits per heavy atom. The van der Waals surface area contributed by atoms with Gasteiger partial charge >= 0.3 is 0 Å². The van der Waals surface area contributed by atoms with Crippen LogP contribution in [0, 0.1) is 52.3 Å². The first-order valence-electron chi connectivity index (χ1n) is 20.2. The molecule has 0 unspecified atom stereocenters. The van der Waals surface area contributed by atoms with Crippen molar-refractivity contribution in [2.24, 2.45) is 52.3 Å². The van der Waals surface area contributed by atoms with Crippen LogP contribution in [-0.2, 0) is 28.4 Å². The van der Waals surface area contributed by atoms with Gasteiger partial charge in [0.1, 0.15) is 42.7 Å². The summed E-state index contributed by atoms with van der Waals surface area (Å²) in [5.74, 6) is 3.63. The average molecular weight is 725 g/mol. The molecule has 0 amide bonds. The summed E-state index contributed by atoms with van der Waals surface area (Å²) >= 11 is 0. The lowest BCUT2D eigenvalue weighted by molar-refractivity contribution is -0.371. The van der Waals surface area contributed by atoms with Gasteiger partial charge in [-0.3, -0.25) is 0 Å². The third kappa shape index (κ3) is 5.91. The topological polar surface area (TPSA) is 177 Å². The summed E-state index contributed by atoms with van der Waals surface area (Å²) < 4.78 is 37.7. The molecule has 8 rings (SSSR count). The van der Waals surface area contributed by atoms with Crippen LogP contribution in [0.3, 0.4) is 0 Å². The van der Waals surface area contributed by atoms with Gasteiger partial charge in [-0.25, -0.2) is 0 Å². The highest BCUT2D eigenvalue weighted by molar-refractivity contribution is 5.15. The largest absolute Gasteiger partial charge is 0.394 e. The van der Waals surface area contributed by atoms with Crippen molar-refractivity contribution in [3.8, 4) is 0 Å². The number of ether oxygens (including phenoxy) is 6. The molecule has 4 aliphatic carbocycles. The Kier molecular flexibility index (Phi) is 10.00. The summed E-state index contributed by atoms with van der Waals surface area (Å²) in [4.78, 5) is 0. The van der Waals surface area contributed by atoms with Crippen molar-refractivity contribution in [3.05, 3.63) is 0 Å². The molecule has 12 nitrogen and oxygen atoms in total. The average Bonchev–Trinajstić information content (AvgIpc) is 3.56. The van der Waals surface area contributed by atoms with Crippen LogP contribution in [-0.4, -0.2) is 123 Å². The highest BCUT2D eigenvalue weighted by Crippen LogP contribution is 2.71. The Morgan fingerprint density at radius 1 is 0.706 bits per heavy atom. The highest BCUT2D eigenvalue weighted by Gasteiger charge is 2.69. The maximum absolute atomic E-state index is 11.1. The van der Waals surface area contributed by atoms with E-state index >= 15 is 0 Å². The van der Waals surface area contributed by atoms with Crippen LogP contribution in [0.1, 0.15) is 98.8 Å². The summed E-state index contributed by atoms with van der Waals surface area (Å²) in [6.45, 7) is 11.6. The van der Waals surface area contributed by atoms with Gasteiger partial charge in [-0.1, -0.05) is 27.7 Å². The molecule has 4 saturated carbocycles. The van der Waals surface area contributed by atoms with E-state index < -0.39 is 73.8 Å². The van der Waals surface area contributed by atoms with E-state index in [0.717, 1.165) is 45.1 Å². The van der Waals surface area contributed by atoms with Crippen molar-refractivity contribution < 1.29 is 59.1 Å². The van der Waals surface area contributed by atoms with Crippen molar-refractivity contribution in [2.75, 3.05) is 13.2 Å². The number of rotatable bonds is 5. The Balaban J connectivity index is 0.941. The Hall–Kier alpha value is -0.480. The van der Waals surface area contributed by atoms with Crippen LogP contribution in [0.5, 0.6) is 0 Å². The van der Waals surface area contributed by atoms with Gasteiger partial charge in [0.15, 0.2) is 18.4 Å². The second-order valence-corrected chi connectivity index (χ2v) is 18.7. The molecule has 0 radical (unpaired) electrons. The van der Waals surface area contributed by atoms with Crippen LogP contribution in [0.2, 0.25) is 0 Å². The SMILES string of the molecule is C[C@H]1CC[C@@]2(OC1)O[C@H]1C[C@H]3[C@@H]4CC[C@@H]5C[C@@H](O[C@@H]6O[C@H](CO)[C@H](O)[C@H](O)[C@H]6O[C@@H]6O[C@@H](C)[C@H](O)[C@@H](O)[C@H]6O)CC[C@]5(C)[C@H]4CC[C@]3(C)[C@H]1[C@@H]2C. The zero-order valence-electron chi connectivity index (χ0n) is 31.1. The highest BCUT2D eigenvalue weighted by atomic mass is 16.8. The zero-order valence-corrected chi connectivity index (χ0v) is 31.1. The molecular weight excluding hydrogens is 660 g/mol. The quantitative estimate of drug-likeness (QED) is 0.229. The fourth-order valence-corrected chi connectivity index (χ4v) is 13.1. The second-order valence-electron chi connectivity index (χ2n) is 18.7. The maximum atomic E-state index is 11.1. The van der Waals surface area contributed by atoms with Gasteiger partial charge in [-0.15, -0.1) is 0 Å². The smallest absolute Gasteiger partial charge is 0.187 e. The first-order chi connectivity index (χ1) is 24.2. The molecule has 0 bridgehead atoms. The summed E-state index contributed by atoms with van der Waals surface area (Å²) in [5.41, 5.74) is 0.464. The molecule has 1 spiro atoms. The van der Waals surface area contributed by atoms with E-state index in [-0.39, 0.29) is 23.0 Å². The Labute approximate surface area is 302 Å². The van der Waals surface area contributed by atoms with Crippen LogP contribution in [0.25, 0.3) is 0 Å². The standard InChI is InChI=1S/C39H64O12/c1-18-8-13-39(46-17-18)19(2)28-26(51-39)15-25-23-7-6-21-14-22(9-11-37(21,4)24(23)10-12-38(25,28)5)48-36-34(32(44)30(42)27(16-40)49-36)50-35-33(45)31(43)29(41)20(3)47-35/h18-36,40-45H,6-17H2,1-5H3/t18-,19-,20-,21+,22-,23+,24-,25-,26-,27+,28-,29-,30-,31+,32-,33+,34+,35-,36+,37-,38-,39+/m0/s1. The van der Waals surface area contributed by atoms with Gasteiger partial charge in [-0.05, 0) is 111 Å². The molecule has 4 saturated heterocycles. The van der Waals surface area contributed by atoms with E-state index in [4.69, 9.17) is 28.4 Å². The molecule has 292 valence electrons. The lowest BCUT2D eigenvalue weighted by Crippen LogP contribution is -2.64. The Bertz CT molecular complexity index is 1250. The minimum atomic E-state index is -1.60. The fourth-order valence-electron chi connectivity index (χ4n) is 13.1. The van der Waals surface area contributed by atoms with Gasteiger partial charge < -0.3 is 59.1 Å².